The molecule has 82 valence electrons. The molecule has 0 aromatic heterocycles. The molecule has 1 fully saturated rings. The van der Waals surface area contributed by atoms with Crippen molar-refractivity contribution in [2.75, 3.05) is 26.2 Å². The van der Waals surface area contributed by atoms with E-state index in [0.717, 1.165) is 39.0 Å². The van der Waals surface area contributed by atoms with E-state index in [0.29, 0.717) is 0 Å². The van der Waals surface area contributed by atoms with Gasteiger partial charge in [-0.2, -0.15) is 0 Å². The predicted octanol–water partition coefficient (Wildman–Crippen LogP) is 1.44. The molecule has 0 unspecified atom stereocenters. The molecule has 4 nitrogen and oxygen atoms in total. The Morgan fingerprint density at radius 3 is 2.29 bits per heavy atom. The number of hydrazine groups is 1. The van der Waals surface area contributed by atoms with Crippen LogP contribution in [0.2, 0.25) is 0 Å². The van der Waals surface area contributed by atoms with Crippen LogP contribution >= 0.6 is 0 Å². The number of hydrogen-bond donors (Lipinski definition) is 1. The lowest BCUT2D eigenvalue weighted by molar-refractivity contribution is 0.144. The van der Waals surface area contributed by atoms with Crippen LogP contribution < -0.4 is 5.43 Å². The smallest absolute Gasteiger partial charge is 0.324 e. The summed E-state index contributed by atoms with van der Waals surface area (Å²) in [4.78, 5) is 13.6. The number of hydrogen-bond acceptors (Lipinski definition) is 2. The van der Waals surface area contributed by atoms with Gasteiger partial charge in [0.1, 0.15) is 0 Å². The minimum Gasteiger partial charge on any atom is -0.324 e. The topological polar surface area (TPSA) is 35.6 Å². The lowest BCUT2D eigenvalue weighted by atomic mass is 10.1. The average Bonchev–Trinajstić information content (AvgIpc) is 2.26. The lowest BCUT2D eigenvalue weighted by Crippen LogP contribution is -2.50. The van der Waals surface area contributed by atoms with Crippen molar-refractivity contribution in [1.29, 1.82) is 0 Å². The second kappa shape index (κ2) is 5.86. The molecule has 4 heteroatoms. The van der Waals surface area contributed by atoms with Gasteiger partial charge in [-0.1, -0.05) is 13.8 Å². The highest BCUT2D eigenvalue weighted by atomic mass is 16.2. The molecule has 0 saturated carbocycles. The summed E-state index contributed by atoms with van der Waals surface area (Å²) in [5, 5.41) is 1.93. The summed E-state index contributed by atoms with van der Waals surface area (Å²) < 4.78 is 0. The Morgan fingerprint density at radius 2 is 1.79 bits per heavy atom. The number of carbonyl (C=O) groups is 1. The number of carbonyl (C=O) groups excluding carboxylic acids is 1. The average molecular weight is 199 g/mol. The van der Waals surface area contributed by atoms with E-state index in [1.54, 1.807) is 0 Å². The first kappa shape index (κ1) is 11.3. The first-order valence-electron chi connectivity index (χ1n) is 5.58. The molecule has 1 aliphatic rings. The van der Waals surface area contributed by atoms with Gasteiger partial charge in [0.05, 0.1) is 0 Å². The van der Waals surface area contributed by atoms with Crippen LogP contribution in [0, 0.1) is 0 Å². The monoisotopic (exact) mass is 199 g/mol. The van der Waals surface area contributed by atoms with Crippen molar-refractivity contribution in [3.63, 3.8) is 0 Å². The van der Waals surface area contributed by atoms with Gasteiger partial charge < -0.3 is 4.90 Å². The van der Waals surface area contributed by atoms with Crippen molar-refractivity contribution in [3.8, 4) is 0 Å². The summed E-state index contributed by atoms with van der Waals surface area (Å²) in [5.74, 6) is 0. The molecule has 0 aliphatic carbocycles. The van der Waals surface area contributed by atoms with E-state index in [2.05, 4.69) is 5.43 Å². The standard InChI is InChI=1S/C10H21N3O/c1-3-13(4-2)11-10(14)12-8-6-5-7-9-12/h3-9H2,1-2H3,(H,11,14). The molecule has 0 spiro atoms. The highest BCUT2D eigenvalue weighted by Crippen LogP contribution is 2.08. The van der Waals surface area contributed by atoms with Crippen LogP contribution in [0.4, 0.5) is 4.79 Å². The van der Waals surface area contributed by atoms with Gasteiger partial charge in [-0.3, -0.25) is 5.43 Å². The second-order valence-corrected chi connectivity index (χ2v) is 3.64. The number of likely N-dealkylation sites (tertiary alicyclic amines) is 1. The second-order valence-electron chi connectivity index (χ2n) is 3.64. The maximum Gasteiger partial charge on any atom is 0.331 e. The lowest BCUT2D eigenvalue weighted by Gasteiger charge is -2.29. The van der Waals surface area contributed by atoms with Gasteiger partial charge in [-0.25, -0.2) is 9.80 Å². The minimum atomic E-state index is 0.0633. The van der Waals surface area contributed by atoms with Gasteiger partial charge in [0, 0.05) is 26.2 Å². The fraction of sp³-hybridized carbons (Fsp3) is 0.900. The first-order valence-corrected chi connectivity index (χ1v) is 5.58. The van der Waals surface area contributed by atoms with Gasteiger partial charge in [0.25, 0.3) is 0 Å². The summed E-state index contributed by atoms with van der Waals surface area (Å²) in [6.07, 6.45) is 3.55. The molecule has 0 bridgehead atoms. The van der Waals surface area contributed by atoms with Crippen molar-refractivity contribution in [1.82, 2.24) is 15.3 Å². The van der Waals surface area contributed by atoms with E-state index in [1.165, 1.54) is 6.42 Å². The fourth-order valence-electron chi connectivity index (χ4n) is 1.68. The zero-order valence-corrected chi connectivity index (χ0v) is 9.25. The van der Waals surface area contributed by atoms with Gasteiger partial charge >= 0.3 is 6.03 Å². The molecule has 1 aliphatic heterocycles. The summed E-state index contributed by atoms with van der Waals surface area (Å²) in [6.45, 7) is 7.62. The van der Waals surface area contributed by atoms with E-state index in [4.69, 9.17) is 0 Å². The van der Waals surface area contributed by atoms with E-state index in [9.17, 15) is 4.79 Å². The molecule has 1 heterocycles. The summed E-state index contributed by atoms with van der Waals surface area (Å²) in [6, 6.07) is 0.0633. The fourth-order valence-corrected chi connectivity index (χ4v) is 1.68. The van der Waals surface area contributed by atoms with Crippen LogP contribution in [0.5, 0.6) is 0 Å². The van der Waals surface area contributed by atoms with E-state index >= 15 is 0 Å². The van der Waals surface area contributed by atoms with Crippen LogP contribution in [0.3, 0.4) is 0 Å². The SMILES string of the molecule is CCN(CC)NC(=O)N1CCCCC1. The number of nitrogens with one attached hydrogen (secondary N) is 1. The number of rotatable bonds is 3. The molecule has 0 atom stereocenters. The van der Waals surface area contributed by atoms with E-state index in [-0.39, 0.29) is 6.03 Å². The third kappa shape index (κ3) is 3.18. The predicted molar refractivity (Wildman–Crippen MR) is 56.9 cm³/mol. The van der Waals surface area contributed by atoms with E-state index in [1.807, 2.05) is 23.8 Å². The van der Waals surface area contributed by atoms with Gasteiger partial charge in [0.15, 0.2) is 0 Å². The van der Waals surface area contributed by atoms with Crippen molar-refractivity contribution >= 4 is 6.03 Å². The van der Waals surface area contributed by atoms with Crippen molar-refractivity contribution in [3.05, 3.63) is 0 Å². The van der Waals surface area contributed by atoms with Crippen molar-refractivity contribution in [2.45, 2.75) is 33.1 Å². The molecular weight excluding hydrogens is 178 g/mol. The van der Waals surface area contributed by atoms with Crippen molar-refractivity contribution < 1.29 is 4.79 Å². The molecule has 0 aromatic carbocycles. The maximum absolute atomic E-state index is 11.7. The summed E-state index contributed by atoms with van der Waals surface area (Å²) >= 11 is 0. The highest BCUT2D eigenvalue weighted by Gasteiger charge is 2.17. The largest absolute Gasteiger partial charge is 0.331 e. The van der Waals surface area contributed by atoms with Crippen LogP contribution in [-0.4, -0.2) is 42.1 Å². The van der Waals surface area contributed by atoms with E-state index < -0.39 is 0 Å². The van der Waals surface area contributed by atoms with Gasteiger partial charge in [-0.05, 0) is 19.3 Å². The van der Waals surface area contributed by atoms with Crippen LogP contribution in [0.25, 0.3) is 0 Å². The number of piperidine rings is 1. The zero-order valence-electron chi connectivity index (χ0n) is 9.25. The van der Waals surface area contributed by atoms with Gasteiger partial charge in [0.2, 0.25) is 0 Å². The quantitative estimate of drug-likeness (QED) is 0.698. The Labute approximate surface area is 86.2 Å². The van der Waals surface area contributed by atoms with Crippen molar-refractivity contribution in [2.24, 2.45) is 0 Å². The Kier molecular flexibility index (Phi) is 4.73. The van der Waals surface area contributed by atoms with Gasteiger partial charge in [-0.15, -0.1) is 0 Å². The Bertz CT molecular complexity index is 174. The molecule has 1 saturated heterocycles. The number of urea groups is 1. The maximum atomic E-state index is 11.7. The normalized spacial score (nSPS) is 17.2. The van der Waals surface area contributed by atoms with Crippen LogP contribution in [-0.2, 0) is 0 Å². The Hall–Kier alpha value is -0.770. The highest BCUT2D eigenvalue weighted by molar-refractivity contribution is 5.73. The number of nitrogens with zero attached hydrogens (tertiary/aromatic N) is 2. The molecule has 1 N–H and O–H groups in total. The first-order chi connectivity index (χ1) is 6.77. The molecule has 1 rings (SSSR count). The molecule has 14 heavy (non-hydrogen) atoms. The zero-order chi connectivity index (χ0) is 10.4. The Morgan fingerprint density at radius 1 is 1.21 bits per heavy atom. The summed E-state index contributed by atoms with van der Waals surface area (Å²) in [7, 11) is 0. The number of amides is 2. The summed E-state index contributed by atoms with van der Waals surface area (Å²) in [5.41, 5.74) is 2.91. The molecule has 0 aromatic rings. The van der Waals surface area contributed by atoms with Crippen LogP contribution in [0.1, 0.15) is 33.1 Å². The minimum absolute atomic E-state index is 0.0633. The third-order valence-electron chi connectivity index (χ3n) is 2.66. The van der Waals surface area contributed by atoms with Crippen LogP contribution in [0.15, 0.2) is 0 Å². The molecule has 2 amide bonds. The molecule has 0 radical (unpaired) electrons. The Balaban J connectivity index is 2.32. The molecular formula is C10H21N3O. The third-order valence-corrected chi connectivity index (χ3v) is 2.66.